The van der Waals surface area contributed by atoms with Crippen LogP contribution in [0.5, 0.6) is 5.75 Å². The van der Waals surface area contributed by atoms with Gasteiger partial charge in [-0.05, 0) is 23.6 Å². The molecule has 0 radical (unpaired) electrons. The summed E-state index contributed by atoms with van der Waals surface area (Å²) in [6.45, 7) is 0.638. The minimum atomic E-state index is -0.386. The summed E-state index contributed by atoms with van der Waals surface area (Å²) >= 11 is 0. The third-order valence-electron chi connectivity index (χ3n) is 3.50. The predicted octanol–water partition coefficient (Wildman–Crippen LogP) is 2.35. The molecule has 1 aliphatic heterocycles. The first-order valence-corrected chi connectivity index (χ1v) is 6.89. The zero-order valence-electron chi connectivity index (χ0n) is 11.2. The lowest BCUT2D eigenvalue weighted by Crippen LogP contribution is -2.38. The van der Waals surface area contributed by atoms with Gasteiger partial charge in [0.25, 0.3) is 5.91 Å². The Kier molecular flexibility index (Phi) is 3.68. The zero-order chi connectivity index (χ0) is 13.8. The van der Waals surface area contributed by atoms with Gasteiger partial charge in [0.05, 0.1) is 0 Å². The van der Waals surface area contributed by atoms with Gasteiger partial charge in [-0.3, -0.25) is 4.79 Å². The molecule has 20 heavy (non-hydrogen) atoms. The molecule has 102 valence electrons. The number of carbonyl (C=O) groups is 1. The molecule has 1 heterocycles. The number of fused-ring (bicyclic) bond motifs is 1. The lowest BCUT2D eigenvalue weighted by Gasteiger charge is -2.11. The molecule has 2 aromatic rings. The fourth-order valence-corrected chi connectivity index (χ4v) is 2.42. The maximum Gasteiger partial charge on any atom is 0.261 e. The van der Waals surface area contributed by atoms with Crippen molar-refractivity contribution in [3.05, 3.63) is 65.7 Å². The van der Waals surface area contributed by atoms with Gasteiger partial charge in [0.1, 0.15) is 5.75 Å². The Balaban J connectivity index is 1.49. The van der Waals surface area contributed by atoms with Gasteiger partial charge in [0.15, 0.2) is 6.10 Å². The molecule has 3 rings (SSSR count). The Morgan fingerprint density at radius 3 is 2.65 bits per heavy atom. The number of carbonyl (C=O) groups excluding carboxylic acids is 1. The van der Waals surface area contributed by atoms with Crippen molar-refractivity contribution in [1.82, 2.24) is 5.32 Å². The Morgan fingerprint density at radius 1 is 1.10 bits per heavy atom. The standard InChI is InChI=1S/C17H17NO2/c19-17(18-11-10-13-6-2-1-3-7-13)16-12-14-8-4-5-9-15(14)20-16/h1-9,16H,10-12H2,(H,18,19). The van der Waals surface area contributed by atoms with Gasteiger partial charge in [-0.1, -0.05) is 48.5 Å². The summed E-state index contributed by atoms with van der Waals surface area (Å²) in [6, 6.07) is 17.9. The molecule has 1 aliphatic rings. The molecule has 0 spiro atoms. The van der Waals surface area contributed by atoms with Crippen molar-refractivity contribution in [3.8, 4) is 5.75 Å². The molecule has 0 bridgehead atoms. The molecule has 0 fully saturated rings. The van der Waals surface area contributed by atoms with Crippen LogP contribution >= 0.6 is 0 Å². The van der Waals surface area contributed by atoms with Gasteiger partial charge in [0.2, 0.25) is 0 Å². The summed E-state index contributed by atoms with van der Waals surface area (Å²) in [5.41, 5.74) is 2.33. The molecular weight excluding hydrogens is 250 g/mol. The number of hydrogen-bond acceptors (Lipinski definition) is 2. The number of rotatable bonds is 4. The Morgan fingerprint density at radius 2 is 1.85 bits per heavy atom. The highest BCUT2D eigenvalue weighted by atomic mass is 16.5. The summed E-state index contributed by atoms with van der Waals surface area (Å²) in [4.78, 5) is 12.1. The smallest absolute Gasteiger partial charge is 0.261 e. The quantitative estimate of drug-likeness (QED) is 0.923. The van der Waals surface area contributed by atoms with E-state index in [1.807, 2.05) is 42.5 Å². The molecule has 1 amide bonds. The maximum atomic E-state index is 12.1. The van der Waals surface area contributed by atoms with E-state index >= 15 is 0 Å². The molecule has 2 aromatic carbocycles. The average molecular weight is 267 g/mol. The molecule has 1 atom stereocenters. The second-order valence-electron chi connectivity index (χ2n) is 4.94. The van der Waals surface area contributed by atoms with Crippen LogP contribution < -0.4 is 10.1 Å². The van der Waals surface area contributed by atoms with E-state index in [2.05, 4.69) is 17.4 Å². The van der Waals surface area contributed by atoms with Crippen molar-refractivity contribution in [2.45, 2.75) is 18.9 Å². The van der Waals surface area contributed by atoms with Crippen molar-refractivity contribution < 1.29 is 9.53 Å². The Hall–Kier alpha value is -2.29. The fourth-order valence-electron chi connectivity index (χ4n) is 2.42. The molecule has 0 saturated heterocycles. The first-order valence-electron chi connectivity index (χ1n) is 6.89. The van der Waals surface area contributed by atoms with Gasteiger partial charge in [0, 0.05) is 13.0 Å². The molecule has 0 aromatic heterocycles. The normalized spacial score (nSPS) is 16.3. The maximum absolute atomic E-state index is 12.1. The molecule has 0 saturated carbocycles. The third kappa shape index (κ3) is 2.82. The first kappa shape index (κ1) is 12.7. The molecule has 1 N–H and O–H groups in total. The number of amides is 1. The molecular formula is C17H17NO2. The number of benzene rings is 2. The van der Waals surface area contributed by atoms with Gasteiger partial charge in [-0.25, -0.2) is 0 Å². The van der Waals surface area contributed by atoms with E-state index in [0.717, 1.165) is 17.7 Å². The van der Waals surface area contributed by atoms with E-state index in [4.69, 9.17) is 4.74 Å². The predicted molar refractivity (Wildman–Crippen MR) is 77.7 cm³/mol. The molecule has 0 aliphatic carbocycles. The topological polar surface area (TPSA) is 38.3 Å². The van der Waals surface area contributed by atoms with Gasteiger partial charge in [-0.15, -0.1) is 0 Å². The molecule has 3 nitrogen and oxygen atoms in total. The van der Waals surface area contributed by atoms with Crippen LogP contribution in [0.25, 0.3) is 0 Å². The van der Waals surface area contributed by atoms with E-state index in [0.29, 0.717) is 13.0 Å². The second kappa shape index (κ2) is 5.78. The lowest BCUT2D eigenvalue weighted by atomic mass is 10.1. The fraction of sp³-hybridized carbons (Fsp3) is 0.235. The van der Waals surface area contributed by atoms with Crippen molar-refractivity contribution in [3.63, 3.8) is 0 Å². The minimum absolute atomic E-state index is 0.0304. The van der Waals surface area contributed by atoms with Crippen LogP contribution in [0.2, 0.25) is 0 Å². The van der Waals surface area contributed by atoms with Crippen LogP contribution in [-0.4, -0.2) is 18.6 Å². The highest BCUT2D eigenvalue weighted by Gasteiger charge is 2.28. The van der Waals surface area contributed by atoms with Gasteiger partial charge >= 0.3 is 0 Å². The SMILES string of the molecule is O=C(NCCc1ccccc1)C1Cc2ccccc2O1. The third-order valence-corrected chi connectivity index (χ3v) is 3.50. The number of para-hydroxylation sites is 1. The van der Waals surface area contributed by atoms with Crippen molar-refractivity contribution in [2.24, 2.45) is 0 Å². The minimum Gasteiger partial charge on any atom is -0.480 e. The van der Waals surface area contributed by atoms with Crippen molar-refractivity contribution in [2.75, 3.05) is 6.54 Å². The van der Waals surface area contributed by atoms with Crippen LogP contribution in [0.3, 0.4) is 0 Å². The van der Waals surface area contributed by atoms with E-state index in [1.165, 1.54) is 5.56 Å². The molecule has 1 unspecified atom stereocenters. The Bertz CT molecular complexity index is 570. The highest BCUT2D eigenvalue weighted by molar-refractivity contribution is 5.82. The number of ether oxygens (including phenoxy) is 1. The van der Waals surface area contributed by atoms with Crippen LogP contribution in [0.1, 0.15) is 11.1 Å². The first-order chi connectivity index (χ1) is 9.83. The van der Waals surface area contributed by atoms with E-state index in [-0.39, 0.29) is 12.0 Å². The van der Waals surface area contributed by atoms with Crippen molar-refractivity contribution >= 4 is 5.91 Å². The van der Waals surface area contributed by atoms with Crippen LogP contribution in [0, 0.1) is 0 Å². The average Bonchev–Trinajstić information content (AvgIpc) is 2.92. The summed E-state index contributed by atoms with van der Waals surface area (Å²) in [5, 5.41) is 2.94. The largest absolute Gasteiger partial charge is 0.480 e. The van der Waals surface area contributed by atoms with Gasteiger partial charge in [-0.2, -0.15) is 0 Å². The summed E-state index contributed by atoms with van der Waals surface area (Å²) in [5.74, 6) is 0.799. The Labute approximate surface area is 118 Å². The summed E-state index contributed by atoms with van der Waals surface area (Å²) in [7, 11) is 0. The summed E-state index contributed by atoms with van der Waals surface area (Å²) < 4.78 is 5.66. The van der Waals surface area contributed by atoms with E-state index in [9.17, 15) is 4.79 Å². The monoisotopic (exact) mass is 267 g/mol. The zero-order valence-corrected chi connectivity index (χ0v) is 11.2. The lowest BCUT2D eigenvalue weighted by molar-refractivity contribution is -0.127. The number of hydrogen-bond donors (Lipinski definition) is 1. The summed E-state index contributed by atoms with van der Waals surface area (Å²) in [6.07, 6.45) is 1.11. The number of nitrogens with one attached hydrogen (secondary N) is 1. The van der Waals surface area contributed by atoms with Gasteiger partial charge < -0.3 is 10.1 Å². The highest BCUT2D eigenvalue weighted by Crippen LogP contribution is 2.27. The van der Waals surface area contributed by atoms with Crippen molar-refractivity contribution in [1.29, 1.82) is 0 Å². The second-order valence-corrected chi connectivity index (χ2v) is 4.94. The van der Waals surface area contributed by atoms with Crippen LogP contribution in [0.4, 0.5) is 0 Å². The van der Waals surface area contributed by atoms with E-state index < -0.39 is 0 Å². The van der Waals surface area contributed by atoms with Crippen LogP contribution in [-0.2, 0) is 17.6 Å². The van der Waals surface area contributed by atoms with E-state index in [1.54, 1.807) is 0 Å². The molecule has 3 heteroatoms. The van der Waals surface area contributed by atoms with Crippen LogP contribution in [0.15, 0.2) is 54.6 Å².